The van der Waals surface area contributed by atoms with Crippen LogP contribution in [0.5, 0.6) is 0 Å². The summed E-state index contributed by atoms with van der Waals surface area (Å²) in [6.45, 7) is 1.96. The summed E-state index contributed by atoms with van der Waals surface area (Å²) >= 11 is 0. The van der Waals surface area contributed by atoms with Gasteiger partial charge in [-0.3, -0.25) is 0 Å². The first-order valence-corrected chi connectivity index (χ1v) is 5.14. The van der Waals surface area contributed by atoms with Crippen LogP contribution in [0.15, 0.2) is 36.4 Å². The SMILES string of the molecule is Cc1ccc2cccc3c2c1C(F)=CC3. The monoisotopic (exact) mass is 198 g/mol. The normalized spacial score (nSPS) is 14.1. The third-order valence-corrected chi connectivity index (χ3v) is 3.08. The van der Waals surface area contributed by atoms with E-state index >= 15 is 0 Å². The van der Waals surface area contributed by atoms with Gasteiger partial charge in [0, 0.05) is 5.56 Å². The van der Waals surface area contributed by atoms with Gasteiger partial charge in [-0.25, -0.2) is 4.39 Å². The molecule has 0 unspecified atom stereocenters. The fourth-order valence-electron chi connectivity index (χ4n) is 2.34. The second-order valence-electron chi connectivity index (χ2n) is 4.03. The number of allylic oxidation sites excluding steroid dienone is 1. The van der Waals surface area contributed by atoms with Gasteiger partial charge in [-0.15, -0.1) is 0 Å². The lowest BCUT2D eigenvalue weighted by Crippen LogP contribution is -1.97. The van der Waals surface area contributed by atoms with Crippen LogP contribution in [0.4, 0.5) is 4.39 Å². The summed E-state index contributed by atoms with van der Waals surface area (Å²) in [5.41, 5.74) is 3.03. The molecule has 0 bridgehead atoms. The lowest BCUT2D eigenvalue weighted by molar-refractivity contribution is 0.753. The van der Waals surface area contributed by atoms with Crippen molar-refractivity contribution in [2.45, 2.75) is 13.3 Å². The average Bonchev–Trinajstić information content (AvgIpc) is 2.25. The van der Waals surface area contributed by atoms with Crippen molar-refractivity contribution in [1.82, 2.24) is 0 Å². The molecule has 2 aromatic carbocycles. The quantitative estimate of drug-likeness (QED) is 0.600. The second kappa shape index (κ2) is 2.93. The zero-order chi connectivity index (χ0) is 10.4. The first-order chi connectivity index (χ1) is 7.27. The highest BCUT2D eigenvalue weighted by Crippen LogP contribution is 2.35. The Balaban J connectivity index is 2.55. The predicted octanol–water partition coefficient (Wildman–Crippen LogP) is 4.01. The van der Waals surface area contributed by atoms with Gasteiger partial charge < -0.3 is 0 Å². The van der Waals surface area contributed by atoms with E-state index in [2.05, 4.69) is 12.1 Å². The maximum Gasteiger partial charge on any atom is 0.127 e. The summed E-state index contributed by atoms with van der Waals surface area (Å²) in [4.78, 5) is 0. The number of aryl methyl sites for hydroxylation is 1. The summed E-state index contributed by atoms with van der Waals surface area (Å²) in [6.07, 6.45) is 2.38. The summed E-state index contributed by atoms with van der Waals surface area (Å²) in [5, 5.41) is 2.23. The van der Waals surface area contributed by atoms with Crippen molar-refractivity contribution in [3.05, 3.63) is 53.1 Å². The van der Waals surface area contributed by atoms with Gasteiger partial charge in [0.1, 0.15) is 5.83 Å². The molecule has 0 atom stereocenters. The maximum atomic E-state index is 13.8. The minimum absolute atomic E-state index is 0.0724. The van der Waals surface area contributed by atoms with Gasteiger partial charge in [-0.2, -0.15) is 0 Å². The van der Waals surface area contributed by atoms with Gasteiger partial charge in [0.2, 0.25) is 0 Å². The van der Waals surface area contributed by atoms with Crippen molar-refractivity contribution in [2.75, 3.05) is 0 Å². The fraction of sp³-hybridized carbons (Fsp3) is 0.143. The zero-order valence-electron chi connectivity index (χ0n) is 8.55. The molecular weight excluding hydrogens is 187 g/mol. The van der Waals surface area contributed by atoms with E-state index in [9.17, 15) is 4.39 Å². The summed E-state index contributed by atoms with van der Waals surface area (Å²) < 4.78 is 13.8. The van der Waals surface area contributed by atoms with Crippen molar-refractivity contribution in [2.24, 2.45) is 0 Å². The molecule has 2 aromatic rings. The molecule has 0 N–H and O–H groups in total. The van der Waals surface area contributed by atoms with E-state index in [4.69, 9.17) is 0 Å². The van der Waals surface area contributed by atoms with Crippen molar-refractivity contribution in [3.8, 4) is 0 Å². The van der Waals surface area contributed by atoms with Gasteiger partial charge in [0.25, 0.3) is 0 Å². The highest BCUT2D eigenvalue weighted by Gasteiger charge is 2.16. The van der Waals surface area contributed by atoms with E-state index < -0.39 is 0 Å². The van der Waals surface area contributed by atoms with Gasteiger partial charge >= 0.3 is 0 Å². The lowest BCUT2D eigenvalue weighted by atomic mass is 9.90. The Morgan fingerprint density at radius 1 is 1.13 bits per heavy atom. The van der Waals surface area contributed by atoms with Crippen LogP contribution < -0.4 is 0 Å². The van der Waals surface area contributed by atoms with Crippen LogP contribution in [-0.4, -0.2) is 0 Å². The first kappa shape index (κ1) is 8.66. The summed E-state index contributed by atoms with van der Waals surface area (Å²) in [5.74, 6) is -0.0724. The highest BCUT2D eigenvalue weighted by molar-refractivity contribution is 5.98. The average molecular weight is 198 g/mol. The van der Waals surface area contributed by atoms with E-state index in [1.54, 1.807) is 6.08 Å². The van der Waals surface area contributed by atoms with E-state index in [-0.39, 0.29) is 5.83 Å². The smallest absolute Gasteiger partial charge is 0.127 e. The standard InChI is InChI=1S/C14H11F/c1-9-5-6-10-3-2-4-11-7-8-12(15)13(9)14(10)11/h2-6,8H,7H2,1H3. The topological polar surface area (TPSA) is 0 Å². The van der Waals surface area contributed by atoms with Gasteiger partial charge in [-0.1, -0.05) is 30.3 Å². The molecule has 0 nitrogen and oxygen atoms in total. The van der Waals surface area contributed by atoms with Crippen molar-refractivity contribution in [1.29, 1.82) is 0 Å². The molecule has 0 heterocycles. The summed E-state index contributed by atoms with van der Waals surface area (Å²) in [6, 6.07) is 10.2. The lowest BCUT2D eigenvalue weighted by Gasteiger charge is -2.16. The molecule has 0 amide bonds. The fourth-order valence-corrected chi connectivity index (χ4v) is 2.34. The van der Waals surface area contributed by atoms with Crippen LogP contribution in [0.25, 0.3) is 16.6 Å². The Hall–Kier alpha value is -1.63. The molecule has 1 aliphatic rings. The molecule has 0 radical (unpaired) electrons. The second-order valence-corrected chi connectivity index (χ2v) is 4.03. The molecule has 15 heavy (non-hydrogen) atoms. The summed E-state index contributed by atoms with van der Waals surface area (Å²) in [7, 11) is 0. The Labute approximate surface area is 88.0 Å². The van der Waals surface area contributed by atoms with Crippen LogP contribution in [-0.2, 0) is 6.42 Å². The minimum Gasteiger partial charge on any atom is -0.207 e. The third-order valence-electron chi connectivity index (χ3n) is 3.08. The molecule has 0 saturated carbocycles. The molecule has 3 rings (SSSR count). The van der Waals surface area contributed by atoms with Crippen LogP contribution in [0.3, 0.4) is 0 Å². The molecule has 1 heteroatoms. The largest absolute Gasteiger partial charge is 0.207 e. The first-order valence-electron chi connectivity index (χ1n) is 5.14. The number of benzene rings is 2. The molecule has 1 aliphatic carbocycles. The Morgan fingerprint density at radius 2 is 2.00 bits per heavy atom. The van der Waals surface area contributed by atoms with Crippen LogP contribution in [0.1, 0.15) is 16.7 Å². The van der Waals surface area contributed by atoms with Gasteiger partial charge in [0.15, 0.2) is 0 Å². The van der Waals surface area contributed by atoms with E-state index in [0.29, 0.717) is 6.42 Å². The Kier molecular flexibility index (Phi) is 1.69. The minimum atomic E-state index is -0.0724. The Morgan fingerprint density at radius 3 is 2.87 bits per heavy atom. The van der Waals surface area contributed by atoms with Crippen LogP contribution in [0.2, 0.25) is 0 Å². The number of hydrogen-bond donors (Lipinski definition) is 0. The van der Waals surface area contributed by atoms with Crippen molar-refractivity contribution in [3.63, 3.8) is 0 Å². The van der Waals surface area contributed by atoms with Crippen molar-refractivity contribution >= 4 is 16.6 Å². The number of hydrogen-bond acceptors (Lipinski definition) is 0. The molecule has 74 valence electrons. The molecule has 0 spiro atoms. The molecule has 0 fully saturated rings. The van der Waals surface area contributed by atoms with Gasteiger partial charge in [-0.05, 0) is 41.3 Å². The molecule has 0 aromatic heterocycles. The predicted molar refractivity (Wildman–Crippen MR) is 61.5 cm³/mol. The molecule has 0 aliphatic heterocycles. The van der Waals surface area contributed by atoms with Crippen molar-refractivity contribution < 1.29 is 4.39 Å². The van der Waals surface area contributed by atoms with E-state index in [0.717, 1.165) is 21.9 Å². The zero-order valence-corrected chi connectivity index (χ0v) is 8.55. The van der Waals surface area contributed by atoms with E-state index in [1.165, 1.54) is 5.56 Å². The Bertz CT molecular complexity index is 579. The van der Waals surface area contributed by atoms with Gasteiger partial charge in [0.05, 0.1) is 0 Å². The highest BCUT2D eigenvalue weighted by atomic mass is 19.1. The van der Waals surface area contributed by atoms with Crippen LogP contribution >= 0.6 is 0 Å². The third kappa shape index (κ3) is 1.13. The molecular formula is C14H11F. The molecule has 0 saturated heterocycles. The number of rotatable bonds is 0. The number of halogens is 1. The van der Waals surface area contributed by atoms with Crippen LogP contribution in [0, 0.1) is 6.92 Å². The maximum absolute atomic E-state index is 13.8. The van der Waals surface area contributed by atoms with E-state index in [1.807, 2.05) is 25.1 Å².